The monoisotopic (exact) mass is 574 g/mol. The molecule has 220 valence electrons. The van der Waals surface area contributed by atoms with Crippen molar-refractivity contribution >= 4 is 35.2 Å². The molecule has 0 spiro atoms. The normalized spacial score (nSPS) is 17.6. The number of ether oxygens (including phenoxy) is 3. The van der Waals surface area contributed by atoms with Crippen LogP contribution >= 0.6 is 0 Å². The molecule has 3 saturated heterocycles. The molecule has 2 N–H and O–H groups in total. The number of morpholine rings is 3. The topological polar surface area (TPSA) is 134 Å². The van der Waals surface area contributed by atoms with Crippen LogP contribution in [0.4, 0.5) is 28.1 Å². The Labute approximate surface area is 243 Å². The molecule has 0 aliphatic carbocycles. The number of amides is 3. The van der Waals surface area contributed by atoms with Crippen molar-refractivity contribution in [3.05, 3.63) is 54.1 Å². The second-order valence-corrected chi connectivity index (χ2v) is 10.1. The summed E-state index contributed by atoms with van der Waals surface area (Å²) in [6.07, 6.45) is 0. The number of nitrogens with zero attached hydrogens (tertiary/aromatic N) is 6. The minimum absolute atomic E-state index is 0.0401. The summed E-state index contributed by atoms with van der Waals surface area (Å²) in [5, 5.41) is 5.66. The number of hydrogen-bond acceptors (Lipinski definition) is 10. The number of carbonyl (C=O) groups is 2. The van der Waals surface area contributed by atoms with Gasteiger partial charge in [0.05, 0.1) is 39.6 Å². The van der Waals surface area contributed by atoms with Gasteiger partial charge < -0.3 is 39.5 Å². The van der Waals surface area contributed by atoms with E-state index in [-0.39, 0.29) is 11.9 Å². The molecule has 3 aliphatic rings. The van der Waals surface area contributed by atoms with Crippen LogP contribution in [0.1, 0.15) is 10.4 Å². The van der Waals surface area contributed by atoms with E-state index in [9.17, 15) is 9.59 Å². The lowest BCUT2D eigenvalue weighted by molar-refractivity contribution is 0.0303. The third-order valence-corrected chi connectivity index (χ3v) is 7.29. The molecule has 13 heteroatoms. The van der Waals surface area contributed by atoms with Crippen LogP contribution < -0.4 is 20.4 Å². The van der Waals surface area contributed by atoms with Crippen molar-refractivity contribution < 1.29 is 23.8 Å². The van der Waals surface area contributed by atoms with E-state index in [1.807, 2.05) is 24.3 Å². The molecule has 4 heterocycles. The molecule has 6 rings (SSSR count). The maximum Gasteiger partial charge on any atom is 0.323 e. The Morgan fingerprint density at radius 3 is 1.55 bits per heavy atom. The van der Waals surface area contributed by atoms with Gasteiger partial charge in [0.25, 0.3) is 5.91 Å². The minimum atomic E-state index is -0.389. The highest BCUT2D eigenvalue weighted by Gasteiger charge is 2.22. The summed E-state index contributed by atoms with van der Waals surface area (Å²) < 4.78 is 16.3. The summed E-state index contributed by atoms with van der Waals surface area (Å²) in [6, 6.07) is 13.9. The number of hydrogen-bond donors (Lipinski definition) is 2. The van der Waals surface area contributed by atoms with Gasteiger partial charge in [-0.1, -0.05) is 0 Å². The SMILES string of the molecule is O=C(Nc1ccc(C(=O)N2CCOCC2)cc1)Nc1ccc(-c2nc(N3CCOCC3)nc(N3CCOCC3)n2)cc1. The van der Waals surface area contributed by atoms with E-state index in [4.69, 9.17) is 29.2 Å². The molecular formula is C29H34N8O5. The highest BCUT2D eigenvalue weighted by molar-refractivity contribution is 6.00. The van der Waals surface area contributed by atoms with Crippen LogP contribution in [0.3, 0.4) is 0 Å². The molecule has 0 bridgehead atoms. The molecule has 42 heavy (non-hydrogen) atoms. The van der Waals surface area contributed by atoms with E-state index in [0.29, 0.717) is 87.4 Å². The Bertz CT molecular complexity index is 1330. The Morgan fingerprint density at radius 2 is 1.05 bits per heavy atom. The third kappa shape index (κ3) is 6.75. The predicted molar refractivity (Wildman–Crippen MR) is 157 cm³/mol. The maximum absolute atomic E-state index is 12.7. The van der Waals surface area contributed by atoms with Gasteiger partial charge in [-0.3, -0.25) is 4.79 Å². The molecule has 0 radical (unpaired) electrons. The van der Waals surface area contributed by atoms with Crippen LogP contribution in [0.15, 0.2) is 48.5 Å². The summed E-state index contributed by atoms with van der Waals surface area (Å²) in [4.78, 5) is 45.6. The Hall–Kier alpha value is -4.33. The fourth-order valence-electron chi connectivity index (χ4n) is 4.93. The van der Waals surface area contributed by atoms with Gasteiger partial charge in [-0.25, -0.2) is 4.79 Å². The first-order chi connectivity index (χ1) is 20.6. The predicted octanol–water partition coefficient (Wildman–Crippen LogP) is 2.33. The number of anilines is 4. The van der Waals surface area contributed by atoms with E-state index in [2.05, 4.69) is 20.4 Å². The zero-order chi connectivity index (χ0) is 28.7. The molecule has 3 fully saturated rings. The number of aromatic nitrogens is 3. The first-order valence-electron chi connectivity index (χ1n) is 14.2. The highest BCUT2D eigenvalue weighted by atomic mass is 16.5. The van der Waals surface area contributed by atoms with Gasteiger partial charge in [-0.15, -0.1) is 0 Å². The van der Waals surface area contributed by atoms with Crippen molar-refractivity contribution in [1.29, 1.82) is 0 Å². The summed E-state index contributed by atoms with van der Waals surface area (Å²) in [5.74, 6) is 1.78. The number of urea groups is 1. The molecule has 3 aromatic rings. The highest BCUT2D eigenvalue weighted by Crippen LogP contribution is 2.24. The molecule has 1 aromatic heterocycles. The first-order valence-corrected chi connectivity index (χ1v) is 14.2. The molecule has 3 aliphatic heterocycles. The van der Waals surface area contributed by atoms with Crippen molar-refractivity contribution in [2.24, 2.45) is 0 Å². The first kappa shape index (κ1) is 27.8. The molecule has 0 unspecified atom stereocenters. The lowest BCUT2D eigenvalue weighted by Gasteiger charge is -2.30. The van der Waals surface area contributed by atoms with Crippen molar-refractivity contribution in [3.8, 4) is 11.4 Å². The Balaban J connectivity index is 1.11. The van der Waals surface area contributed by atoms with E-state index < -0.39 is 0 Å². The van der Waals surface area contributed by atoms with Crippen LogP contribution in [-0.2, 0) is 14.2 Å². The van der Waals surface area contributed by atoms with Gasteiger partial charge in [0.15, 0.2) is 5.82 Å². The van der Waals surface area contributed by atoms with Crippen molar-refractivity contribution in [2.75, 3.05) is 99.3 Å². The smallest absolute Gasteiger partial charge is 0.323 e. The van der Waals surface area contributed by atoms with Crippen molar-refractivity contribution in [2.45, 2.75) is 0 Å². The fourth-order valence-corrected chi connectivity index (χ4v) is 4.93. The number of benzene rings is 2. The van der Waals surface area contributed by atoms with Gasteiger partial charge in [-0.05, 0) is 48.5 Å². The molecule has 13 nitrogen and oxygen atoms in total. The van der Waals surface area contributed by atoms with E-state index in [1.54, 1.807) is 29.2 Å². The summed E-state index contributed by atoms with van der Waals surface area (Å²) in [7, 11) is 0. The van der Waals surface area contributed by atoms with Crippen LogP contribution in [0.2, 0.25) is 0 Å². The quantitative estimate of drug-likeness (QED) is 0.452. The van der Waals surface area contributed by atoms with Crippen molar-refractivity contribution in [3.63, 3.8) is 0 Å². The lowest BCUT2D eigenvalue weighted by Crippen LogP contribution is -2.40. The van der Waals surface area contributed by atoms with Crippen LogP contribution in [0, 0.1) is 0 Å². The Morgan fingerprint density at radius 1 is 0.595 bits per heavy atom. The zero-order valence-electron chi connectivity index (χ0n) is 23.3. The summed E-state index contributed by atoms with van der Waals surface area (Å²) in [6.45, 7) is 7.66. The van der Waals surface area contributed by atoms with Gasteiger partial charge in [0.1, 0.15) is 0 Å². The van der Waals surface area contributed by atoms with Crippen LogP contribution in [0.25, 0.3) is 11.4 Å². The maximum atomic E-state index is 12.7. The Kier molecular flexibility index (Phi) is 8.68. The average molecular weight is 575 g/mol. The second kappa shape index (κ2) is 13.1. The van der Waals surface area contributed by atoms with Gasteiger partial charge >= 0.3 is 6.03 Å². The van der Waals surface area contributed by atoms with Gasteiger partial charge in [0.2, 0.25) is 11.9 Å². The van der Waals surface area contributed by atoms with E-state index in [1.165, 1.54) is 0 Å². The zero-order valence-corrected chi connectivity index (χ0v) is 23.3. The lowest BCUT2D eigenvalue weighted by atomic mass is 10.1. The largest absolute Gasteiger partial charge is 0.378 e. The van der Waals surface area contributed by atoms with Crippen LogP contribution in [0.5, 0.6) is 0 Å². The third-order valence-electron chi connectivity index (χ3n) is 7.29. The van der Waals surface area contributed by atoms with Crippen molar-refractivity contribution in [1.82, 2.24) is 19.9 Å². The average Bonchev–Trinajstić information content (AvgIpc) is 3.06. The number of carbonyl (C=O) groups excluding carboxylic acids is 2. The summed E-state index contributed by atoms with van der Waals surface area (Å²) in [5.41, 5.74) is 2.59. The number of rotatable bonds is 6. The van der Waals surface area contributed by atoms with Crippen LogP contribution in [-0.4, -0.2) is 111 Å². The van der Waals surface area contributed by atoms with Gasteiger partial charge in [0, 0.05) is 61.8 Å². The summed E-state index contributed by atoms with van der Waals surface area (Å²) >= 11 is 0. The minimum Gasteiger partial charge on any atom is -0.378 e. The van der Waals surface area contributed by atoms with Gasteiger partial charge in [-0.2, -0.15) is 15.0 Å². The molecule has 0 atom stereocenters. The fraction of sp³-hybridized carbons (Fsp3) is 0.414. The van der Waals surface area contributed by atoms with E-state index in [0.717, 1.165) is 31.7 Å². The molecular weight excluding hydrogens is 540 g/mol. The van der Waals surface area contributed by atoms with E-state index >= 15 is 0 Å². The molecule has 3 amide bonds. The standard InChI is InChI=1S/C29H34N8O5/c38-26(35-9-15-40-16-10-35)22-3-7-24(8-4-22)31-29(39)30-23-5-1-21(2-6-23)25-32-27(36-11-17-41-18-12-36)34-28(33-25)37-13-19-42-20-14-37/h1-8H,9-20H2,(H2,30,31,39). The molecule has 0 saturated carbocycles. The second-order valence-electron chi connectivity index (χ2n) is 10.1. The number of nitrogens with one attached hydrogen (secondary N) is 2. The molecule has 2 aromatic carbocycles.